The monoisotopic (exact) mass is 453 g/mol. The molecule has 0 saturated carbocycles. The summed E-state index contributed by atoms with van der Waals surface area (Å²) < 4.78 is 0. The molecule has 5 N–H and O–H groups in total. The fourth-order valence-electron chi connectivity index (χ4n) is 2.76. The van der Waals surface area contributed by atoms with E-state index in [1.165, 1.54) is 23.2 Å². The average molecular weight is 453 g/mol. The molecule has 0 aromatic carbocycles. The highest BCUT2D eigenvalue weighted by Gasteiger charge is 2.54. The fourth-order valence-corrected chi connectivity index (χ4v) is 4.65. The average Bonchev–Trinajstić information content (AvgIpc) is 3.13. The van der Waals surface area contributed by atoms with Crippen molar-refractivity contribution in [2.45, 2.75) is 11.4 Å². The predicted molar refractivity (Wildman–Crippen MR) is 107 cm³/mol. The minimum atomic E-state index is -1.30. The number of nitrogens with zero attached hydrogens (tertiary/aromatic N) is 3. The summed E-state index contributed by atoms with van der Waals surface area (Å²) in [5, 5.41) is 25.0. The normalized spacial score (nSPS) is 20.9. The van der Waals surface area contributed by atoms with Gasteiger partial charge in [-0.1, -0.05) is 17.8 Å². The van der Waals surface area contributed by atoms with Crippen molar-refractivity contribution in [3.63, 3.8) is 0 Å². The molecular formula is C16H15N5O7S2. The van der Waals surface area contributed by atoms with Crippen LogP contribution in [-0.4, -0.2) is 73.3 Å². The quantitative estimate of drug-likeness (QED) is 0.226. The first-order chi connectivity index (χ1) is 14.2. The number of rotatable bonds is 8. The molecule has 3 rings (SSSR count). The number of hydrogen-bond acceptors (Lipinski definition) is 10. The maximum Gasteiger partial charge on any atom is 0.352 e. The van der Waals surface area contributed by atoms with Gasteiger partial charge in [-0.3, -0.25) is 14.5 Å². The van der Waals surface area contributed by atoms with E-state index in [0.29, 0.717) is 11.3 Å². The number of carbonyl (C=O) groups excluding carboxylic acids is 2. The molecule has 0 aliphatic carbocycles. The molecule has 14 heteroatoms. The lowest BCUT2D eigenvalue weighted by atomic mass is 10.0. The number of thiazole rings is 1. The molecule has 2 aliphatic heterocycles. The topological polar surface area (TPSA) is 185 Å². The van der Waals surface area contributed by atoms with Crippen LogP contribution in [0, 0.1) is 0 Å². The van der Waals surface area contributed by atoms with Crippen LogP contribution in [0.2, 0.25) is 0 Å². The number of carbonyl (C=O) groups is 4. The number of nitrogens with two attached hydrogens (primary N) is 1. The van der Waals surface area contributed by atoms with Crippen LogP contribution in [0.5, 0.6) is 0 Å². The number of oxime groups is 1. The maximum atomic E-state index is 12.7. The second-order valence-corrected chi connectivity index (χ2v) is 7.92. The SMILES string of the molecule is C=CC1=C(C(=O)O)N2C(=O)[C@@H](NC(=O)/C(=N\OCC(=O)O)c3csc(N)n3)C2SC1. The highest BCUT2D eigenvalue weighted by molar-refractivity contribution is 8.00. The number of aliphatic carboxylic acids is 2. The Balaban J connectivity index is 1.79. The Bertz CT molecular complexity index is 1000. The number of carboxylic acid groups (broad SMARTS) is 2. The molecule has 1 aromatic rings. The molecule has 2 amide bonds. The van der Waals surface area contributed by atoms with Gasteiger partial charge < -0.3 is 26.1 Å². The lowest BCUT2D eigenvalue weighted by Gasteiger charge is -2.49. The van der Waals surface area contributed by atoms with Crippen LogP contribution in [0.3, 0.4) is 0 Å². The molecule has 3 heterocycles. The summed E-state index contributed by atoms with van der Waals surface area (Å²) >= 11 is 2.30. The number of β-lactam (4-membered cyclic amide) rings is 1. The van der Waals surface area contributed by atoms with Crippen molar-refractivity contribution < 1.29 is 34.2 Å². The molecule has 12 nitrogen and oxygen atoms in total. The van der Waals surface area contributed by atoms with E-state index in [-0.39, 0.29) is 22.2 Å². The zero-order valence-electron chi connectivity index (χ0n) is 15.1. The number of aromatic nitrogens is 1. The standard InChI is InChI=1S/C16H15N5O7S2/c1-2-6-4-29-14-10(13(25)21(14)11(6)15(26)27)19-12(24)9(20-28-3-8(22)23)7-5-30-16(17)18-7/h2,5,10,14H,1,3-4H2,(H2,17,18)(H,19,24)(H,22,23)(H,26,27)/b20-9-/t10-,14?/m1/s1. The molecule has 1 unspecified atom stereocenters. The Morgan fingerprint density at radius 3 is 2.77 bits per heavy atom. The predicted octanol–water partition coefficient (Wildman–Crippen LogP) is -0.545. The van der Waals surface area contributed by atoms with Crippen LogP contribution in [-0.2, 0) is 24.0 Å². The molecule has 2 atom stereocenters. The maximum absolute atomic E-state index is 12.7. The summed E-state index contributed by atoms with van der Waals surface area (Å²) in [5.41, 5.74) is 5.48. The van der Waals surface area contributed by atoms with E-state index in [4.69, 9.17) is 10.8 Å². The van der Waals surface area contributed by atoms with Gasteiger partial charge in [0, 0.05) is 11.1 Å². The summed E-state index contributed by atoms with van der Waals surface area (Å²) in [7, 11) is 0. The van der Waals surface area contributed by atoms with Crippen molar-refractivity contribution in [3.05, 3.63) is 35.0 Å². The number of nitrogens with one attached hydrogen (secondary N) is 1. The van der Waals surface area contributed by atoms with Crippen molar-refractivity contribution in [2.75, 3.05) is 18.1 Å². The van der Waals surface area contributed by atoms with Crippen molar-refractivity contribution in [1.82, 2.24) is 15.2 Å². The Labute approximate surface area is 177 Å². The smallest absolute Gasteiger partial charge is 0.352 e. The van der Waals surface area contributed by atoms with E-state index in [1.807, 2.05) is 0 Å². The molecule has 1 fully saturated rings. The molecule has 2 aliphatic rings. The highest BCUT2D eigenvalue weighted by atomic mass is 32.2. The van der Waals surface area contributed by atoms with E-state index in [0.717, 1.165) is 16.2 Å². The number of hydrogen-bond donors (Lipinski definition) is 4. The summed E-state index contributed by atoms with van der Waals surface area (Å²) in [5.74, 6) is -3.72. The Morgan fingerprint density at radius 2 is 2.20 bits per heavy atom. The lowest BCUT2D eigenvalue weighted by molar-refractivity contribution is -0.150. The van der Waals surface area contributed by atoms with Gasteiger partial charge >= 0.3 is 11.9 Å². The second kappa shape index (κ2) is 8.54. The molecule has 0 bridgehead atoms. The van der Waals surface area contributed by atoms with Crippen LogP contribution < -0.4 is 11.1 Å². The molecular weight excluding hydrogens is 438 g/mol. The Hall–Kier alpha value is -3.39. The third-order valence-corrected chi connectivity index (χ3v) is 6.03. The Morgan fingerprint density at radius 1 is 1.47 bits per heavy atom. The first kappa shape index (κ1) is 21.3. The molecule has 0 radical (unpaired) electrons. The first-order valence-electron chi connectivity index (χ1n) is 8.22. The first-order valence-corrected chi connectivity index (χ1v) is 10.1. The van der Waals surface area contributed by atoms with Gasteiger partial charge in [0.05, 0.1) is 0 Å². The van der Waals surface area contributed by atoms with Gasteiger partial charge in [-0.05, 0) is 5.57 Å². The van der Waals surface area contributed by atoms with Crippen molar-refractivity contribution >= 4 is 57.7 Å². The van der Waals surface area contributed by atoms with Gasteiger partial charge in [0.25, 0.3) is 11.8 Å². The van der Waals surface area contributed by atoms with Crippen molar-refractivity contribution in [2.24, 2.45) is 5.16 Å². The van der Waals surface area contributed by atoms with E-state index in [9.17, 15) is 24.3 Å². The van der Waals surface area contributed by atoms with Crippen LogP contribution in [0.1, 0.15) is 5.69 Å². The fraction of sp³-hybridized carbons (Fsp3) is 0.250. The van der Waals surface area contributed by atoms with Crippen LogP contribution >= 0.6 is 23.1 Å². The van der Waals surface area contributed by atoms with Crippen molar-refractivity contribution in [1.29, 1.82) is 0 Å². The van der Waals surface area contributed by atoms with Crippen LogP contribution in [0.25, 0.3) is 0 Å². The van der Waals surface area contributed by atoms with Crippen LogP contribution in [0.15, 0.2) is 34.5 Å². The zero-order valence-corrected chi connectivity index (χ0v) is 16.7. The zero-order chi connectivity index (χ0) is 22.0. The van der Waals surface area contributed by atoms with Crippen LogP contribution in [0.4, 0.5) is 5.13 Å². The van der Waals surface area contributed by atoms with E-state index in [1.54, 1.807) is 0 Å². The summed E-state index contributed by atoms with van der Waals surface area (Å²) in [6.07, 6.45) is 1.38. The third-order valence-electron chi connectivity index (χ3n) is 4.06. The number of carboxylic acids is 2. The second-order valence-electron chi connectivity index (χ2n) is 5.92. The van der Waals surface area contributed by atoms with E-state index >= 15 is 0 Å². The lowest BCUT2D eigenvalue weighted by Crippen LogP contribution is -2.71. The Kier molecular flexibility index (Phi) is 6.07. The van der Waals surface area contributed by atoms with Gasteiger partial charge in [-0.2, -0.15) is 0 Å². The molecule has 0 spiro atoms. The summed E-state index contributed by atoms with van der Waals surface area (Å²) in [6.45, 7) is 2.77. The minimum Gasteiger partial charge on any atom is -0.479 e. The largest absolute Gasteiger partial charge is 0.479 e. The molecule has 158 valence electrons. The van der Waals surface area contributed by atoms with E-state index in [2.05, 4.69) is 26.9 Å². The number of nitrogen functional groups attached to an aromatic ring is 1. The van der Waals surface area contributed by atoms with Gasteiger partial charge in [0.2, 0.25) is 6.61 Å². The molecule has 30 heavy (non-hydrogen) atoms. The number of anilines is 1. The van der Waals surface area contributed by atoms with Gasteiger partial charge in [-0.15, -0.1) is 23.1 Å². The number of allylic oxidation sites excluding steroid dienone is 1. The molecule has 1 saturated heterocycles. The number of thioether (sulfide) groups is 1. The molecule has 1 aromatic heterocycles. The van der Waals surface area contributed by atoms with Gasteiger partial charge in [-0.25, -0.2) is 14.6 Å². The summed E-state index contributed by atoms with van der Waals surface area (Å²) in [4.78, 5) is 57.1. The van der Waals surface area contributed by atoms with Gasteiger partial charge in [0.15, 0.2) is 10.8 Å². The summed E-state index contributed by atoms with van der Waals surface area (Å²) in [6, 6.07) is -1.01. The highest BCUT2D eigenvalue weighted by Crippen LogP contribution is 2.40. The van der Waals surface area contributed by atoms with Gasteiger partial charge in [0.1, 0.15) is 22.8 Å². The third kappa shape index (κ3) is 3.99. The minimum absolute atomic E-state index is 0.0420. The number of fused-ring (bicyclic) bond motifs is 1. The number of amides is 2. The van der Waals surface area contributed by atoms with E-state index < -0.39 is 41.8 Å². The van der Waals surface area contributed by atoms with Crippen molar-refractivity contribution in [3.8, 4) is 0 Å².